The quantitative estimate of drug-likeness (QED) is 0.401. The van der Waals surface area contributed by atoms with E-state index in [0.29, 0.717) is 11.3 Å². The van der Waals surface area contributed by atoms with Gasteiger partial charge in [-0.25, -0.2) is 4.79 Å². The van der Waals surface area contributed by atoms with Crippen LogP contribution in [-0.4, -0.2) is 39.6 Å². The maximum Gasteiger partial charge on any atom is 0.390 e. The molecule has 2 amide bonds. The Balaban J connectivity index is 2.42. The van der Waals surface area contributed by atoms with E-state index in [1.54, 1.807) is 13.8 Å². The molecule has 0 aliphatic rings. The highest BCUT2D eigenvalue weighted by Gasteiger charge is 2.30. The van der Waals surface area contributed by atoms with Crippen molar-refractivity contribution in [2.45, 2.75) is 33.2 Å². The first-order valence-electron chi connectivity index (χ1n) is 8.15. The minimum Gasteiger partial charge on any atom is -0.465 e. The molecule has 0 aromatic carbocycles. The number of nitrogens with zero attached hydrogens (tertiary/aromatic N) is 3. The monoisotopic (exact) mass is 409 g/mol. The van der Waals surface area contributed by atoms with Crippen molar-refractivity contribution < 1.29 is 24.0 Å². The standard InChI is InChI=1S/C16H19N5O6S/c1-5-9(20-7(2)6-10(19-20)21(25)26)14(23)18-15-11(16(24)27-4)8(3)12(28-15)13(17)22/h6,9H,5H2,1-4H3,(H2,17,22)(H,18,23). The maximum atomic E-state index is 12.8. The van der Waals surface area contributed by atoms with E-state index in [1.165, 1.54) is 24.8 Å². The van der Waals surface area contributed by atoms with E-state index in [9.17, 15) is 24.5 Å². The average molecular weight is 409 g/mol. The molecule has 0 saturated carbocycles. The number of rotatable bonds is 7. The van der Waals surface area contributed by atoms with Crippen molar-refractivity contribution in [3.8, 4) is 0 Å². The molecule has 0 aliphatic heterocycles. The van der Waals surface area contributed by atoms with Gasteiger partial charge in [-0.15, -0.1) is 11.3 Å². The molecule has 2 rings (SSSR count). The van der Waals surface area contributed by atoms with Crippen molar-refractivity contribution in [2.24, 2.45) is 5.73 Å². The van der Waals surface area contributed by atoms with Gasteiger partial charge in [-0.2, -0.15) is 4.68 Å². The number of ether oxygens (including phenoxy) is 1. The van der Waals surface area contributed by atoms with Crippen molar-refractivity contribution in [1.29, 1.82) is 0 Å². The lowest BCUT2D eigenvalue weighted by atomic mass is 10.1. The van der Waals surface area contributed by atoms with Crippen molar-refractivity contribution >= 4 is 39.9 Å². The predicted octanol–water partition coefficient (Wildman–Crippen LogP) is 1.94. The molecule has 11 nitrogen and oxygen atoms in total. The Hall–Kier alpha value is -3.28. The number of hydrogen-bond acceptors (Lipinski definition) is 8. The number of nitrogens with one attached hydrogen (secondary N) is 1. The Bertz CT molecular complexity index is 963. The molecule has 150 valence electrons. The Kier molecular flexibility index (Phi) is 6.13. The fourth-order valence-corrected chi connectivity index (χ4v) is 3.77. The van der Waals surface area contributed by atoms with Crippen LogP contribution >= 0.6 is 11.3 Å². The summed E-state index contributed by atoms with van der Waals surface area (Å²) in [6.07, 6.45) is 0.284. The number of hydrogen-bond donors (Lipinski definition) is 2. The van der Waals surface area contributed by atoms with Crippen LogP contribution < -0.4 is 11.1 Å². The zero-order valence-electron chi connectivity index (χ0n) is 15.6. The van der Waals surface area contributed by atoms with Gasteiger partial charge in [0, 0.05) is 0 Å². The van der Waals surface area contributed by atoms with Gasteiger partial charge in [0.2, 0.25) is 0 Å². The summed E-state index contributed by atoms with van der Waals surface area (Å²) in [5.74, 6) is -2.39. The number of carbonyl (C=O) groups is 3. The van der Waals surface area contributed by atoms with Gasteiger partial charge in [-0.1, -0.05) is 6.92 Å². The highest BCUT2D eigenvalue weighted by molar-refractivity contribution is 7.18. The molecule has 3 N–H and O–H groups in total. The first-order valence-corrected chi connectivity index (χ1v) is 8.96. The number of nitro groups is 1. The molecular formula is C16H19N5O6S. The topological polar surface area (TPSA) is 159 Å². The number of aromatic nitrogens is 2. The Morgan fingerprint density at radius 3 is 2.54 bits per heavy atom. The molecule has 0 aliphatic carbocycles. The van der Waals surface area contributed by atoms with Gasteiger partial charge >= 0.3 is 11.8 Å². The molecule has 0 radical (unpaired) electrons. The Labute approximate surface area is 163 Å². The maximum absolute atomic E-state index is 12.8. The lowest BCUT2D eigenvalue weighted by Crippen LogP contribution is -2.27. The van der Waals surface area contributed by atoms with Crippen LogP contribution in [0, 0.1) is 24.0 Å². The van der Waals surface area contributed by atoms with Gasteiger partial charge in [0.05, 0.1) is 34.4 Å². The number of anilines is 1. The highest BCUT2D eigenvalue weighted by atomic mass is 32.1. The predicted molar refractivity (Wildman–Crippen MR) is 100 cm³/mol. The van der Waals surface area contributed by atoms with Gasteiger partial charge in [0.1, 0.15) is 5.00 Å². The zero-order chi connectivity index (χ0) is 21.2. The van der Waals surface area contributed by atoms with Crippen molar-refractivity contribution in [2.75, 3.05) is 12.4 Å². The van der Waals surface area contributed by atoms with E-state index in [2.05, 4.69) is 10.4 Å². The molecule has 2 aromatic rings. The first-order chi connectivity index (χ1) is 13.1. The molecule has 12 heteroatoms. The van der Waals surface area contributed by atoms with Crippen LogP contribution in [0.25, 0.3) is 0 Å². The van der Waals surface area contributed by atoms with Crippen LogP contribution in [0.4, 0.5) is 10.8 Å². The minimum absolute atomic E-state index is 0.0349. The Morgan fingerprint density at radius 2 is 2.07 bits per heavy atom. The molecule has 0 spiro atoms. The highest BCUT2D eigenvalue weighted by Crippen LogP contribution is 2.34. The number of aryl methyl sites for hydroxylation is 1. The number of carbonyl (C=O) groups excluding carboxylic acids is 3. The molecule has 0 bridgehead atoms. The van der Waals surface area contributed by atoms with E-state index in [4.69, 9.17) is 10.5 Å². The molecule has 28 heavy (non-hydrogen) atoms. The zero-order valence-corrected chi connectivity index (χ0v) is 16.5. The molecule has 0 fully saturated rings. The Morgan fingerprint density at radius 1 is 1.43 bits per heavy atom. The fraction of sp³-hybridized carbons (Fsp3) is 0.375. The summed E-state index contributed by atoms with van der Waals surface area (Å²) in [4.78, 5) is 46.9. The lowest BCUT2D eigenvalue weighted by molar-refractivity contribution is -0.389. The van der Waals surface area contributed by atoms with Crippen LogP contribution in [0.15, 0.2) is 6.07 Å². The van der Waals surface area contributed by atoms with Crippen LogP contribution in [0.1, 0.15) is 50.7 Å². The summed E-state index contributed by atoms with van der Waals surface area (Å²) in [5.41, 5.74) is 6.10. The van der Waals surface area contributed by atoms with Crippen LogP contribution in [0.3, 0.4) is 0 Å². The third kappa shape index (κ3) is 3.86. The largest absolute Gasteiger partial charge is 0.465 e. The van der Waals surface area contributed by atoms with Crippen LogP contribution in [-0.2, 0) is 9.53 Å². The number of nitrogens with two attached hydrogens (primary N) is 1. The summed E-state index contributed by atoms with van der Waals surface area (Å²) in [6, 6.07) is 0.398. The SMILES string of the molecule is CCC(C(=O)Nc1sc(C(N)=O)c(C)c1C(=O)OC)n1nc([N+](=O)[O-])cc1C. The molecule has 1 unspecified atom stereocenters. The molecule has 1 atom stereocenters. The third-order valence-electron chi connectivity index (χ3n) is 4.08. The number of esters is 1. The van der Waals surface area contributed by atoms with Crippen LogP contribution in [0.5, 0.6) is 0 Å². The van der Waals surface area contributed by atoms with Crippen molar-refractivity contribution in [3.05, 3.63) is 37.9 Å². The van der Waals surface area contributed by atoms with E-state index in [0.717, 1.165) is 11.3 Å². The third-order valence-corrected chi connectivity index (χ3v) is 5.30. The van der Waals surface area contributed by atoms with E-state index in [-0.39, 0.29) is 27.7 Å². The summed E-state index contributed by atoms with van der Waals surface area (Å²) >= 11 is 0.858. The fourth-order valence-electron chi connectivity index (χ4n) is 2.72. The molecular weight excluding hydrogens is 390 g/mol. The summed E-state index contributed by atoms with van der Waals surface area (Å²) in [7, 11) is 1.18. The normalized spacial score (nSPS) is 11.7. The van der Waals surface area contributed by atoms with E-state index in [1.807, 2.05) is 0 Å². The van der Waals surface area contributed by atoms with Crippen LogP contribution in [0.2, 0.25) is 0 Å². The summed E-state index contributed by atoms with van der Waals surface area (Å²) in [6.45, 7) is 4.83. The number of methoxy groups -OCH3 is 1. The molecule has 0 saturated heterocycles. The van der Waals surface area contributed by atoms with Gasteiger partial charge in [0.25, 0.3) is 11.8 Å². The minimum atomic E-state index is -0.862. The van der Waals surface area contributed by atoms with E-state index >= 15 is 0 Å². The lowest BCUT2D eigenvalue weighted by Gasteiger charge is -2.14. The number of thiophene rings is 1. The first kappa shape index (κ1) is 21.0. The molecule has 2 heterocycles. The number of primary amides is 1. The summed E-state index contributed by atoms with van der Waals surface area (Å²) < 4.78 is 5.98. The van der Waals surface area contributed by atoms with Gasteiger partial charge < -0.3 is 25.9 Å². The van der Waals surface area contributed by atoms with Gasteiger partial charge in [-0.05, 0) is 30.8 Å². The smallest absolute Gasteiger partial charge is 0.390 e. The summed E-state index contributed by atoms with van der Waals surface area (Å²) in [5, 5.41) is 17.5. The second-order valence-corrected chi connectivity index (χ2v) is 6.90. The van der Waals surface area contributed by atoms with E-state index < -0.39 is 28.7 Å². The average Bonchev–Trinajstić information content (AvgIpc) is 3.16. The van der Waals surface area contributed by atoms with Crippen molar-refractivity contribution in [1.82, 2.24) is 9.78 Å². The molecule has 2 aromatic heterocycles. The second kappa shape index (κ2) is 8.17. The number of amides is 2. The second-order valence-electron chi connectivity index (χ2n) is 5.88. The van der Waals surface area contributed by atoms with Gasteiger partial charge in [0.15, 0.2) is 6.04 Å². The van der Waals surface area contributed by atoms with Gasteiger partial charge in [-0.3, -0.25) is 9.59 Å². The van der Waals surface area contributed by atoms with Crippen molar-refractivity contribution in [3.63, 3.8) is 0 Å².